The number of carbonyl (C=O) groups excluding carboxylic acids is 1. The minimum atomic E-state index is -3.62. The lowest BCUT2D eigenvalue weighted by molar-refractivity contribution is -0.146. The molecule has 0 heterocycles. The van der Waals surface area contributed by atoms with Crippen molar-refractivity contribution in [3.8, 4) is 9.85 Å². The first-order chi connectivity index (χ1) is 11.9. The van der Waals surface area contributed by atoms with Crippen molar-refractivity contribution in [2.75, 3.05) is 19.5 Å². The molecule has 0 aromatic heterocycles. The van der Waals surface area contributed by atoms with Crippen LogP contribution in [0.3, 0.4) is 0 Å². The number of anilines is 1. The molecule has 1 aromatic carbocycles. The SMILES string of the molecule is CNc1cc(S(=O)(=O)N[C@H]2CC[C@H](C(=O)OC)CC2)ccc1C#CI. The molecule has 1 aromatic rings. The Morgan fingerprint density at radius 3 is 2.52 bits per heavy atom. The molecule has 1 aliphatic carbocycles. The van der Waals surface area contributed by atoms with E-state index < -0.39 is 10.0 Å². The molecular formula is C17H21IN2O4S. The van der Waals surface area contributed by atoms with Crippen molar-refractivity contribution >= 4 is 44.3 Å². The van der Waals surface area contributed by atoms with Gasteiger partial charge in [-0.2, -0.15) is 0 Å². The van der Waals surface area contributed by atoms with Crippen molar-refractivity contribution in [2.45, 2.75) is 36.6 Å². The van der Waals surface area contributed by atoms with Gasteiger partial charge in [0.05, 0.1) is 23.6 Å². The first kappa shape index (κ1) is 20.0. The van der Waals surface area contributed by atoms with Crippen LogP contribution < -0.4 is 10.0 Å². The Morgan fingerprint density at radius 1 is 1.28 bits per heavy atom. The Balaban J connectivity index is 2.09. The van der Waals surface area contributed by atoms with E-state index in [1.54, 1.807) is 25.2 Å². The van der Waals surface area contributed by atoms with Gasteiger partial charge < -0.3 is 10.1 Å². The molecule has 8 heteroatoms. The van der Waals surface area contributed by atoms with Crippen molar-refractivity contribution in [2.24, 2.45) is 5.92 Å². The van der Waals surface area contributed by atoms with Gasteiger partial charge in [-0.3, -0.25) is 4.79 Å². The number of carbonyl (C=O) groups is 1. The maximum absolute atomic E-state index is 12.6. The van der Waals surface area contributed by atoms with Crippen molar-refractivity contribution in [1.82, 2.24) is 4.72 Å². The minimum absolute atomic E-state index is 0.132. The predicted octanol–water partition coefficient (Wildman–Crippen LogP) is 2.48. The van der Waals surface area contributed by atoms with Crippen LogP contribution in [0.5, 0.6) is 0 Å². The molecule has 0 unspecified atom stereocenters. The van der Waals surface area contributed by atoms with Crippen LogP contribution in [0.1, 0.15) is 31.2 Å². The third kappa shape index (κ3) is 5.09. The highest BCUT2D eigenvalue weighted by molar-refractivity contribution is 14.1. The number of hydrogen-bond acceptors (Lipinski definition) is 5. The standard InChI is InChI=1S/C17H21IN2O4S/c1-19-16-11-15(8-5-12(16)9-10-18)25(22,23)20-14-6-3-13(4-7-14)17(21)24-2/h5,8,11,13-14,19-20H,3-4,6-7H2,1-2H3/t13-,14-. The van der Waals surface area contributed by atoms with Gasteiger partial charge in [0.1, 0.15) is 0 Å². The maximum Gasteiger partial charge on any atom is 0.308 e. The van der Waals surface area contributed by atoms with Crippen LogP contribution in [0.4, 0.5) is 5.69 Å². The van der Waals surface area contributed by atoms with Crippen LogP contribution in [0, 0.1) is 15.8 Å². The molecule has 1 fully saturated rings. The van der Waals surface area contributed by atoms with Crippen molar-refractivity contribution in [1.29, 1.82) is 0 Å². The molecule has 0 saturated heterocycles. The monoisotopic (exact) mass is 476 g/mol. The number of rotatable bonds is 5. The second kappa shape index (κ2) is 8.87. The summed E-state index contributed by atoms with van der Waals surface area (Å²) in [5, 5.41) is 2.97. The molecule has 2 rings (SSSR count). The van der Waals surface area contributed by atoms with E-state index in [0.717, 1.165) is 5.56 Å². The molecule has 0 radical (unpaired) electrons. The number of esters is 1. The molecule has 25 heavy (non-hydrogen) atoms. The smallest absolute Gasteiger partial charge is 0.308 e. The summed E-state index contributed by atoms with van der Waals surface area (Å²) in [4.78, 5) is 11.8. The van der Waals surface area contributed by atoms with Crippen LogP contribution in [0.15, 0.2) is 23.1 Å². The highest BCUT2D eigenvalue weighted by Gasteiger charge is 2.29. The summed E-state index contributed by atoms with van der Waals surface area (Å²) < 4.78 is 35.6. The molecule has 1 aliphatic rings. The molecule has 2 N–H and O–H groups in total. The number of nitrogens with one attached hydrogen (secondary N) is 2. The zero-order valence-electron chi connectivity index (χ0n) is 14.1. The van der Waals surface area contributed by atoms with Gasteiger partial charge in [-0.25, -0.2) is 13.1 Å². The second-order valence-corrected chi connectivity index (χ2v) is 8.12. The van der Waals surface area contributed by atoms with E-state index >= 15 is 0 Å². The summed E-state index contributed by atoms with van der Waals surface area (Å²) in [5.74, 6) is 2.58. The zero-order chi connectivity index (χ0) is 18.4. The van der Waals surface area contributed by atoms with Crippen LogP contribution in [0.2, 0.25) is 0 Å². The molecule has 0 bridgehead atoms. The number of hydrogen-bond donors (Lipinski definition) is 2. The van der Waals surface area contributed by atoms with Crippen molar-refractivity contribution < 1.29 is 17.9 Å². The molecule has 0 aliphatic heterocycles. The van der Waals surface area contributed by atoms with Crippen LogP contribution in [-0.4, -0.2) is 34.6 Å². The van der Waals surface area contributed by atoms with Crippen LogP contribution in [-0.2, 0) is 19.6 Å². The number of halogens is 1. The summed E-state index contributed by atoms with van der Waals surface area (Å²) in [6, 6.07) is 4.66. The summed E-state index contributed by atoms with van der Waals surface area (Å²) >= 11 is 1.94. The second-order valence-electron chi connectivity index (χ2n) is 5.87. The molecule has 0 spiro atoms. The highest BCUT2D eigenvalue weighted by Crippen LogP contribution is 2.27. The Labute approximate surface area is 162 Å². The average molecular weight is 476 g/mol. The Morgan fingerprint density at radius 2 is 1.96 bits per heavy atom. The highest BCUT2D eigenvalue weighted by atomic mass is 127. The third-order valence-corrected chi connectivity index (χ3v) is 6.12. The van der Waals surface area contributed by atoms with Crippen molar-refractivity contribution in [3.63, 3.8) is 0 Å². The number of methoxy groups -OCH3 is 1. The lowest BCUT2D eigenvalue weighted by atomic mass is 9.86. The number of ether oxygens (including phenoxy) is 1. The van der Waals surface area contributed by atoms with Gasteiger partial charge in [0.15, 0.2) is 0 Å². The number of benzene rings is 1. The molecule has 136 valence electrons. The van der Waals surface area contributed by atoms with Crippen molar-refractivity contribution in [3.05, 3.63) is 23.8 Å². The van der Waals surface area contributed by atoms with E-state index in [1.807, 2.05) is 22.6 Å². The molecule has 0 atom stereocenters. The third-order valence-electron chi connectivity index (χ3n) is 4.34. The fraction of sp³-hybridized carbons (Fsp3) is 0.471. The normalized spacial score (nSPS) is 20.3. The van der Waals surface area contributed by atoms with Gasteiger partial charge in [-0.1, -0.05) is 5.92 Å². The topological polar surface area (TPSA) is 84.5 Å². The molecule has 6 nitrogen and oxygen atoms in total. The predicted molar refractivity (Wildman–Crippen MR) is 105 cm³/mol. The number of sulfonamides is 1. The fourth-order valence-corrected chi connectivity index (χ4v) is 4.58. The molecule has 0 amide bonds. The molecule has 1 saturated carbocycles. The van der Waals surface area contributed by atoms with E-state index in [4.69, 9.17) is 4.74 Å². The lowest BCUT2D eigenvalue weighted by Crippen LogP contribution is -2.38. The lowest BCUT2D eigenvalue weighted by Gasteiger charge is -2.27. The largest absolute Gasteiger partial charge is 0.469 e. The summed E-state index contributed by atoms with van der Waals surface area (Å²) in [5.41, 5.74) is 1.41. The fourth-order valence-electron chi connectivity index (χ4n) is 2.96. The van der Waals surface area contributed by atoms with E-state index in [2.05, 4.69) is 19.9 Å². The van der Waals surface area contributed by atoms with Crippen LogP contribution in [0.25, 0.3) is 0 Å². The Kier molecular flexibility index (Phi) is 7.10. The summed E-state index contributed by atoms with van der Waals surface area (Å²) in [6.45, 7) is 0. The minimum Gasteiger partial charge on any atom is -0.469 e. The van der Waals surface area contributed by atoms with Gasteiger partial charge in [0.25, 0.3) is 0 Å². The van der Waals surface area contributed by atoms with Crippen LogP contribution >= 0.6 is 22.6 Å². The first-order valence-electron chi connectivity index (χ1n) is 7.95. The van der Waals surface area contributed by atoms with Gasteiger partial charge >= 0.3 is 5.97 Å². The Bertz CT molecular complexity index is 791. The van der Waals surface area contributed by atoms with E-state index in [9.17, 15) is 13.2 Å². The Hall–Kier alpha value is -1.31. The maximum atomic E-state index is 12.6. The quantitative estimate of drug-likeness (QED) is 0.388. The first-order valence-corrected chi connectivity index (χ1v) is 10.5. The summed E-state index contributed by atoms with van der Waals surface area (Å²) in [6.07, 6.45) is 2.50. The summed E-state index contributed by atoms with van der Waals surface area (Å²) in [7, 11) is -0.518. The van der Waals surface area contributed by atoms with E-state index in [1.165, 1.54) is 7.11 Å². The van der Waals surface area contributed by atoms with Gasteiger partial charge in [-0.15, -0.1) is 0 Å². The molecular weight excluding hydrogens is 455 g/mol. The van der Waals surface area contributed by atoms with E-state index in [-0.39, 0.29) is 22.8 Å². The average Bonchev–Trinajstić information content (AvgIpc) is 2.61. The van der Waals surface area contributed by atoms with Gasteiger partial charge in [-0.05, 0) is 47.8 Å². The van der Waals surface area contributed by atoms with E-state index in [0.29, 0.717) is 31.4 Å². The van der Waals surface area contributed by atoms with Gasteiger partial charge in [0, 0.05) is 41.2 Å². The zero-order valence-corrected chi connectivity index (χ0v) is 17.1. The van der Waals surface area contributed by atoms with Gasteiger partial charge in [0.2, 0.25) is 10.0 Å².